The SMILES string of the molecule is CCN1CCN(c2ccc(NC(=O)C3CCN(c4oc(-c5ccco5)nc4C#N)CC3)c(C)c2)CC1. The number of nitrogens with one attached hydrogen (secondary N) is 1. The lowest BCUT2D eigenvalue weighted by Crippen LogP contribution is -2.46. The summed E-state index contributed by atoms with van der Waals surface area (Å²) in [5.74, 6) is 1.15. The lowest BCUT2D eigenvalue weighted by atomic mass is 9.95. The van der Waals surface area contributed by atoms with Crippen molar-refractivity contribution < 1.29 is 13.6 Å². The van der Waals surface area contributed by atoms with Crippen LogP contribution in [0.4, 0.5) is 17.3 Å². The van der Waals surface area contributed by atoms with Gasteiger partial charge in [0.1, 0.15) is 6.07 Å². The first-order valence-corrected chi connectivity index (χ1v) is 12.6. The first-order valence-electron chi connectivity index (χ1n) is 12.6. The second-order valence-corrected chi connectivity index (χ2v) is 9.43. The molecular weight excluding hydrogens is 456 g/mol. The molecule has 36 heavy (non-hydrogen) atoms. The van der Waals surface area contributed by atoms with Gasteiger partial charge in [0.05, 0.1) is 6.26 Å². The number of nitriles is 1. The normalized spacial score (nSPS) is 17.2. The summed E-state index contributed by atoms with van der Waals surface area (Å²) in [5, 5.41) is 12.7. The number of aryl methyl sites for hydroxylation is 1. The molecule has 0 bridgehead atoms. The van der Waals surface area contributed by atoms with Gasteiger partial charge in [-0.3, -0.25) is 4.79 Å². The Morgan fingerprint density at radius 1 is 1.14 bits per heavy atom. The molecule has 3 aromatic rings. The number of benzene rings is 1. The number of piperidine rings is 1. The standard InChI is InChI=1S/C27H32N6O3/c1-3-31-12-14-32(15-13-31)21-6-7-22(19(2)17-21)29-25(34)20-8-10-33(11-9-20)27-23(18-28)30-26(36-27)24-5-4-16-35-24/h4-7,16-17,20H,3,8-15H2,1-2H3,(H,29,34). The lowest BCUT2D eigenvalue weighted by molar-refractivity contribution is -0.120. The smallest absolute Gasteiger partial charge is 0.266 e. The topological polar surface area (TPSA) is 102 Å². The largest absolute Gasteiger partial charge is 0.459 e. The van der Waals surface area contributed by atoms with Crippen LogP contribution in [0.3, 0.4) is 0 Å². The Morgan fingerprint density at radius 3 is 2.56 bits per heavy atom. The van der Waals surface area contributed by atoms with E-state index in [1.807, 2.05) is 17.9 Å². The molecule has 188 valence electrons. The molecule has 1 N–H and O–H groups in total. The number of carbonyl (C=O) groups is 1. The molecule has 9 nitrogen and oxygen atoms in total. The quantitative estimate of drug-likeness (QED) is 0.553. The number of piperazine rings is 1. The molecule has 0 saturated carbocycles. The van der Waals surface area contributed by atoms with Crippen molar-refractivity contribution >= 4 is 23.2 Å². The number of likely N-dealkylation sites (N-methyl/N-ethyl adjacent to an activating group) is 1. The number of rotatable bonds is 6. The van der Waals surface area contributed by atoms with Crippen molar-refractivity contribution in [2.75, 3.05) is 60.9 Å². The Kier molecular flexibility index (Phi) is 6.96. The van der Waals surface area contributed by atoms with Gasteiger partial charge in [-0.05, 0) is 62.2 Å². The van der Waals surface area contributed by atoms with Crippen LogP contribution >= 0.6 is 0 Å². The number of nitrogens with zero attached hydrogens (tertiary/aromatic N) is 5. The van der Waals surface area contributed by atoms with Crippen LogP contribution in [0.15, 0.2) is 45.4 Å². The maximum atomic E-state index is 13.1. The summed E-state index contributed by atoms with van der Waals surface area (Å²) in [6, 6.07) is 11.9. The van der Waals surface area contributed by atoms with Gasteiger partial charge >= 0.3 is 0 Å². The lowest BCUT2D eigenvalue weighted by Gasteiger charge is -2.35. The summed E-state index contributed by atoms with van der Waals surface area (Å²) >= 11 is 0. The van der Waals surface area contributed by atoms with Crippen LogP contribution in [0.5, 0.6) is 0 Å². The molecule has 2 aromatic heterocycles. The Bertz CT molecular complexity index is 1230. The number of hydrogen-bond acceptors (Lipinski definition) is 8. The zero-order chi connectivity index (χ0) is 25.1. The average Bonchev–Trinajstić information content (AvgIpc) is 3.60. The zero-order valence-corrected chi connectivity index (χ0v) is 20.9. The highest BCUT2D eigenvalue weighted by atomic mass is 16.4. The van der Waals surface area contributed by atoms with Gasteiger partial charge in [0, 0.05) is 56.6 Å². The minimum atomic E-state index is -0.0968. The molecule has 0 aliphatic carbocycles. The summed E-state index contributed by atoms with van der Waals surface area (Å²) in [7, 11) is 0. The van der Waals surface area contributed by atoms with Gasteiger partial charge < -0.3 is 28.9 Å². The molecule has 2 saturated heterocycles. The molecule has 0 unspecified atom stereocenters. The predicted molar refractivity (Wildman–Crippen MR) is 138 cm³/mol. The zero-order valence-electron chi connectivity index (χ0n) is 20.9. The molecule has 2 aliphatic heterocycles. The summed E-state index contributed by atoms with van der Waals surface area (Å²) in [4.78, 5) is 24.2. The van der Waals surface area contributed by atoms with Crippen LogP contribution in [0.2, 0.25) is 0 Å². The molecule has 4 heterocycles. The predicted octanol–water partition coefficient (Wildman–Crippen LogP) is 4.11. The number of hydrogen-bond donors (Lipinski definition) is 1. The van der Waals surface area contributed by atoms with Crippen LogP contribution in [-0.4, -0.2) is 61.6 Å². The van der Waals surface area contributed by atoms with E-state index in [-0.39, 0.29) is 23.4 Å². The second-order valence-electron chi connectivity index (χ2n) is 9.43. The Balaban J connectivity index is 1.18. The van der Waals surface area contributed by atoms with E-state index >= 15 is 0 Å². The van der Waals surface area contributed by atoms with Gasteiger partial charge in [0.2, 0.25) is 17.5 Å². The number of carbonyl (C=O) groups excluding carboxylic acids is 1. The van der Waals surface area contributed by atoms with E-state index in [4.69, 9.17) is 8.83 Å². The number of anilines is 3. The van der Waals surface area contributed by atoms with Gasteiger partial charge in [0.15, 0.2) is 5.76 Å². The van der Waals surface area contributed by atoms with Crippen LogP contribution < -0.4 is 15.1 Å². The fourth-order valence-corrected chi connectivity index (χ4v) is 4.99. The van der Waals surface area contributed by atoms with Crippen molar-refractivity contribution in [1.82, 2.24) is 9.88 Å². The first-order chi connectivity index (χ1) is 17.6. The number of oxazole rings is 1. The first kappa shape index (κ1) is 23.9. The van der Waals surface area contributed by atoms with Crippen molar-refractivity contribution in [2.45, 2.75) is 26.7 Å². The molecule has 1 aromatic carbocycles. The molecule has 2 aliphatic rings. The van der Waals surface area contributed by atoms with Gasteiger partial charge in [-0.15, -0.1) is 0 Å². The highest BCUT2D eigenvalue weighted by Gasteiger charge is 2.29. The van der Waals surface area contributed by atoms with Crippen molar-refractivity contribution in [2.24, 2.45) is 5.92 Å². The molecule has 9 heteroatoms. The molecule has 0 atom stereocenters. The minimum absolute atomic E-state index is 0.0383. The van der Waals surface area contributed by atoms with Crippen LogP contribution in [0, 0.1) is 24.2 Å². The van der Waals surface area contributed by atoms with Crippen molar-refractivity contribution in [3.05, 3.63) is 47.9 Å². The third kappa shape index (κ3) is 4.95. The fraction of sp³-hybridized carbons (Fsp3) is 0.444. The van der Waals surface area contributed by atoms with Gasteiger partial charge in [-0.1, -0.05) is 6.92 Å². The minimum Gasteiger partial charge on any atom is -0.459 e. The summed E-state index contributed by atoms with van der Waals surface area (Å²) in [6.45, 7) is 10.8. The molecule has 0 radical (unpaired) electrons. The van der Waals surface area contributed by atoms with Crippen LogP contribution in [0.25, 0.3) is 11.7 Å². The summed E-state index contributed by atoms with van der Waals surface area (Å²) in [6.07, 6.45) is 2.89. The van der Waals surface area contributed by atoms with E-state index in [1.165, 1.54) is 12.0 Å². The van der Waals surface area contributed by atoms with Crippen LogP contribution in [0.1, 0.15) is 31.0 Å². The highest BCUT2D eigenvalue weighted by molar-refractivity contribution is 5.93. The summed E-state index contributed by atoms with van der Waals surface area (Å²) in [5.41, 5.74) is 3.38. The molecule has 0 spiro atoms. The van der Waals surface area contributed by atoms with Gasteiger partial charge in [-0.2, -0.15) is 10.2 Å². The van der Waals surface area contributed by atoms with Crippen molar-refractivity contribution in [1.29, 1.82) is 5.26 Å². The van der Waals surface area contributed by atoms with E-state index in [1.54, 1.807) is 12.1 Å². The Labute approximate surface area is 211 Å². The third-order valence-corrected chi connectivity index (χ3v) is 7.25. The Hall–Kier alpha value is -3.77. The highest BCUT2D eigenvalue weighted by Crippen LogP contribution is 2.32. The van der Waals surface area contributed by atoms with Gasteiger partial charge in [0.25, 0.3) is 5.89 Å². The Morgan fingerprint density at radius 2 is 1.92 bits per heavy atom. The second kappa shape index (κ2) is 10.5. The molecule has 1 amide bonds. The van der Waals surface area contributed by atoms with E-state index in [0.29, 0.717) is 37.6 Å². The molecule has 2 fully saturated rings. The van der Waals surface area contributed by atoms with E-state index in [2.05, 4.69) is 45.2 Å². The molecular formula is C27H32N6O3. The monoisotopic (exact) mass is 488 g/mol. The number of amides is 1. The average molecular weight is 489 g/mol. The van der Waals surface area contributed by atoms with Crippen molar-refractivity contribution in [3.63, 3.8) is 0 Å². The van der Waals surface area contributed by atoms with Crippen LogP contribution in [-0.2, 0) is 4.79 Å². The molecule has 5 rings (SSSR count). The van der Waals surface area contributed by atoms with E-state index < -0.39 is 0 Å². The van der Waals surface area contributed by atoms with E-state index in [0.717, 1.165) is 44.0 Å². The maximum absolute atomic E-state index is 13.1. The number of aromatic nitrogens is 1. The summed E-state index contributed by atoms with van der Waals surface area (Å²) < 4.78 is 11.2. The number of furan rings is 1. The third-order valence-electron chi connectivity index (χ3n) is 7.25. The van der Waals surface area contributed by atoms with Crippen molar-refractivity contribution in [3.8, 4) is 17.7 Å². The van der Waals surface area contributed by atoms with E-state index in [9.17, 15) is 10.1 Å². The van der Waals surface area contributed by atoms with Gasteiger partial charge in [-0.25, -0.2) is 0 Å². The fourth-order valence-electron chi connectivity index (χ4n) is 4.99. The maximum Gasteiger partial charge on any atom is 0.266 e.